The Kier molecular flexibility index (Phi) is 4.38. The summed E-state index contributed by atoms with van der Waals surface area (Å²) in [6.07, 6.45) is 8.51. The minimum Gasteiger partial charge on any atom is -0.492 e. The monoisotopic (exact) mass is 271 g/mol. The molecule has 106 valence electrons. The second-order valence-electron chi connectivity index (χ2n) is 5.29. The SMILES string of the molecule is c1cc(CNCCOc2ccc3c(c2)CCCC3)co1. The Balaban J connectivity index is 1.42. The lowest BCUT2D eigenvalue weighted by atomic mass is 9.92. The summed E-state index contributed by atoms with van der Waals surface area (Å²) in [6, 6.07) is 8.50. The van der Waals surface area contributed by atoms with Crippen molar-refractivity contribution in [3.63, 3.8) is 0 Å². The summed E-state index contributed by atoms with van der Waals surface area (Å²) in [5, 5.41) is 3.34. The van der Waals surface area contributed by atoms with Gasteiger partial charge < -0.3 is 14.5 Å². The van der Waals surface area contributed by atoms with E-state index < -0.39 is 0 Å². The molecule has 1 aromatic heterocycles. The first-order valence-electron chi connectivity index (χ1n) is 7.38. The molecular weight excluding hydrogens is 250 g/mol. The molecule has 1 aliphatic rings. The van der Waals surface area contributed by atoms with Crippen LogP contribution >= 0.6 is 0 Å². The van der Waals surface area contributed by atoms with Gasteiger partial charge in [-0.1, -0.05) is 6.07 Å². The molecule has 0 aliphatic heterocycles. The molecule has 1 aromatic carbocycles. The van der Waals surface area contributed by atoms with E-state index in [-0.39, 0.29) is 0 Å². The number of ether oxygens (including phenoxy) is 1. The van der Waals surface area contributed by atoms with Crippen molar-refractivity contribution < 1.29 is 9.15 Å². The lowest BCUT2D eigenvalue weighted by Gasteiger charge is -2.16. The number of nitrogens with one attached hydrogen (secondary N) is 1. The van der Waals surface area contributed by atoms with E-state index in [4.69, 9.17) is 9.15 Å². The van der Waals surface area contributed by atoms with Crippen LogP contribution in [0.25, 0.3) is 0 Å². The van der Waals surface area contributed by atoms with Crippen molar-refractivity contribution >= 4 is 0 Å². The first kappa shape index (κ1) is 13.3. The summed E-state index contributed by atoms with van der Waals surface area (Å²) >= 11 is 0. The van der Waals surface area contributed by atoms with Gasteiger partial charge in [0.2, 0.25) is 0 Å². The molecule has 0 atom stereocenters. The molecule has 0 amide bonds. The fourth-order valence-electron chi connectivity index (χ4n) is 2.67. The number of fused-ring (bicyclic) bond motifs is 1. The van der Waals surface area contributed by atoms with Crippen LogP contribution < -0.4 is 10.1 Å². The number of aryl methyl sites for hydroxylation is 2. The van der Waals surface area contributed by atoms with Gasteiger partial charge in [0.15, 0.2) is 0 Å². The molecule has 0 saturated heterocycles. The number of hydrogen-bond acceptors (Lipinski definition) is 3. The van der Waals surface area contributed by atoms with Gasteiger partial charge in [-0.3, -0.25) is 0 Å². The molecule has 3 rings (SSSR count). The third kappa shape index (κ3) is 3.42. The van der Waals surface area contributed by atoms with Gasteiger partial charge in [-0.15, -0.1) is 0 Å². The third-order valence-corrected chi connectivity index (χ3v) is 3.78. The highest BCUT2D eigenvalue weighted by Crippen LogP contribution is 2.25. The van der Waals surface area contributed by atoms with Crippen LogP contribution in [0.15, 0.2) is 41.2 Å². The summed E-state index contributed by atoms with van der Waals surface area (Å²) < 4.78 is 10.8. The highest BCUT2D eigenvalue weighted by molar-refractivity contribution is 5.37. The minimum atomic E-state index is 0.691. The summed E-state index contributed by atoms with van der Waals surface area (Å²) in [6.45, 7) is 2.35. The Morgan fingerprint density at radius 3 is 2.85 bits per heavy atom. The van der Waals surface area contributed by atoms with Crippen LogP contribution in [-0.4, -0.2) is 13.2 Å². The van der Waals surface area contributed by atoms with Crippen molar-refractivity contribution in [2.75, 3.05) is 13.2 Å². The van der Waals surface area contributed by atoms with Crippen molar-refractivity contribution in [1.29, 1.82) is 0 Å². The molecule has 1 heterocycles. The Morgan fingerprint density at radius 2 is 2.00 bits per heavy atom. The highest BCUT2D eigenvalue weighted by Gasteiger charge is 2.09. The molecular formula is C17H21NO2. The van der Waals surface area contributed by atoms with E-state index in [9.17, 15) is 0 Å². The highest BCUT2D eigenvalue weighted by atomic mass is 16.5. The third-order valence-electron chi connectivity index (χ3n) is 3.78. The van der Waals surface area contributed by atoms with Crippen LogP contribution in [0.4, 0.5) is 0 Å². The lowest BCUT2D eigenvalue weighted by molar-refractivity contribution is 0.313. The number of benzene rings is 1. The van der Waals surface area contributed by atoms with E-state index in [0.29, 0.717) is 6.61 Å². The van der Waals surface area contributed by atoms with Crippen molar-refractivity contribution in [2.45, 2.75) is 32.2 Å². The molecule has 1 N–H and O–H groups in total. The number of rotatable bonds is 6. The fourth-order valence-corrected chi connectivity index (χ4v) is 2.67. The van der Waals surface area contributed by atoms with Gasteiger partial charge in [0.1, 0.15) is 12.4 Å². The first-order valence-corrected chi connectivity index (χ1v) is 7.38. The Hall–Kier alpha value is -1.74. The summed E-state index contributed by atoms with van der Waals surface area (Å²) in [5.41, 5.74) is 4.14. The summed E-state index contributed by atoms with van der Waals surface area (Å²) in [5.74, 6) is 0.996. The van der Waals surface area contributed by atoms with E-state index in [0.717, 1.165) is 18.8 Å². The lowest BCUT2D eigenvalue weighted by Crippen LogP contribution is -2.20. The van der Waals surface area contributed by atoms with Crippen LogP contribution in [-0.2, 0) is 19.4 Å². The molecule has 3 nitrogen and oxygen atoms in total. The average Bonchev–Trinajstić information content (AvgIpc) is 3.00. The van der Waals surface area contributed by atoms with Crippen molar-refractivity contribution in [2.24, 2.45) is 0 Å². The van der Waals surface area contributed by atoms with Gasteiger partial charge in [-0.25, -0.2) is 0 Å². The maximum absolute atomic E-state index is 5.81. The molecule has 2 aromatic rings. The van der Waals surface area contributed by atoms with Gasteiger partial charge in [0.25, 0.3) is 0 Å². The van der Waals surface area contributed by atoms with Crippen LogP contribution in [0, 0.1) is 0 Å². The van der Waals surface area contributed by atoms with Crippen LogP contribution in [0.2, 0.25) is 0 Å². The fraction of sp³-hybridized carbons (Fsp3) is 0.412. The van der Waals surface area contributed by atoms with E-state index in [1.807, 2.05) is 6.07 Å². The average molecular weight is 271 g/mol. The summed E-state index contributed by atoms with van der Waals surface area (Å²) in [4.78, 5) is 0. The molecule has 1 aliphatic carbocycles. The standard InChI is InChI=1S/C17H21NO2/c1-2-4-16-11-17(6-5-15(16)3-1)20-10-8-18-12-14-7-9-19-13-14/h5-7,9,11,13,18H,1-4,8,10,12H2. The van der Waals surface area contributed by atoms with E-state index in [1.54, 1.807) is 12.5 Å². The van der Waals surface area contributed by atoms with E-state index in [1.165, 1.54) is 42.4 Å². The maximum Gasteiger partial charge on any atom is 0.119 e. The molecule has 3 heteroatoms. The van der Waals surface area contributed by atoms with Gasteiger partial charge in [0, 0.05) is 18.7 Å². The predicted octanol–water partition coefficient (Wildman–Crippen LogP) is 3.33. The van der Waals surface area contributed by atoms with Gasteiger partial charge >= 0.3 is 0 Å². The largest absolute Gasteiger partial charge is 0.492 e. The molecule has 20 heavy (non-hydrogen) atoms. The van der Waals surface area contributed by atoms with Gasteiger partial charge in [0.05, 0.1) is 12.5 Å². The first-order chi connectivity index (χ1) is 9.92. The van der Waals surface area contributed by atoms with Crippen molar-refractivity contribution in [3.05, 3.63) is 53.5 Å². The Bertz CT molecular complexity index is 534. The molecule has 0 unspecified atom stereocenters. The smallest absolute Gasteiger partial charge is 0.119 e. The molecule has 0 radical (unpaired) electrons. The van der Waals surface area contributed by atoms with Crippen LogP contribution in [0.5, 0.6) is 5.75 Å². The Labute approximate surface area is 119 Å². The van der Waals surface area contributed by atoms with E-state index >= 15 is 0 Å². The van der Waals surface area contributed by atoms with Gasteiger partial charge in [-0.05, 0) is 55.0 Å². The quantitative estimate of drug-likeness (QED) is 0.818. The summed E-state index contributed by atoms with van der Waals surface area (Å²) in [7, 11) is 0. The van der Waals surface area contributed by atoms with Crippen LogP contribution in [0.3, 0.4) is 0 Å². The van der Waals surface area contributed by atoms with Crippen molar-refractivity contribution in [1.82, 2.24) is 5.32 Å². The van der Waals surface area contributed by atoms with E-state index in [2.05, 4.69) is 23.5 Å². The topological polar surface area (TPSA) is 34.4 Å². The normalized spacial score (nSPS) is 14.0. The molecule has 0 saturated carbocycles. The zero-order valence-electron chi connectivity index (χ0n) is 11.7. The maximum atomic E-state index is 5.81. The van der Waals surface area contributed by atoms with Gasteiger partial charge in [-0.2, -0.15) is 0 Å². The second kappa shape index (κ2) is 6.62. The zero-order valence-corrected chi connectivity index (χ0v) is 11.7. The number of hydrogen-bond donors (Lipinski definition) is 1. The molecule has 0 fully saturated rings. The second-order valence-corrected chi connectivity index (χ2v) is 5.29. The van der Waals surface area contributed by atoms with Crippen LogP contribution in [0.1, 0.15) is 29.5 Å². The predicted molar refractivity (Wildman–Crippen MR) is 79.0 cm³/mol. The van der Waals surface area contributed by atoms with Crippen molar-refractivity contribution in [3.8, 4) is 5.75 Å². The zero-order chi connectivity index (χ0) is 13.6. The number of furan rings is 1. The minimum absolute atomic E-state index is 0.691. The molecule has 0 bridgehead atoms. The molecule has 0 spiro atoms. The Morgan fingerprint density at radius 1 is 1.10 bits per heavy atom.